The fourth-order valence-electron chi connectivity index (χ4n) is 3.69. The summed E-state index contributed by atoms with van der Waals surface area (Å²) >= 11 is 0. The van der Waals surface area contributed by atoms with Crippen LogP contribution in [-0.2, 0) is 4.79 Å². The molecule has 1 aliphatic rings. The molecule has 1 unspecified atom stereocenters. The second-order valence-electron chi connectivity index (χ2n) is 7.95. The molecule has 2 atom stereocenters. The van der Waals surface area contributed by atoms with Crippen LogP contribution in [0.2, 0.25) is 0 Å². The number of amides is 3. The summed E-state index contributed by atoms with van der Waals surface area (Å²) in [5.41, 5.74) is 1.06. The van der Waals surface area contributed by atoms with E-state index in [4.69, 9.17) is 4.74 Å². The van der Waals surface area contributed by atoms with Gasteiger partial charge in [0, 0.05) is 45.3 Å². The molecule has 7 heteroatoms. The molecular formula is C24H29N3O4. The summed E-state index contributed by atoms with van der Waals surface area (Å²) in [6.07, 6.45) is -0.755. The predicted octanol–water partition coefficient (Wildman–Crippen LogP) is 2.53. The number of carbonyl (C=O) groups is 3. The van der Waals surface area contributed by atoms with E-state index < -0.39 is 6.10 Å². The van der Waals surface area contributed by atoms with Crippen molar-refractivity contribution in [3.05, 3.63) is 65.7 Å². The molecule has 3 rings (SSSR count). The maximum absolute atomic E-state index is 13.1. The molecule has 1 heterocycles. The highest BCUT2D eigenvalue weighted by Crippen LogP contribution is 2.22. The van der Waals surface area contributed by atoms with Gasteiger partial charge in [-0.1, -0.05) is 30.3 Å². The Balaban J connectivity index is 1.65. The second kappa shape index (κ2) is 9.64. The van der Waals surface area contributed by atoms with Crippen LogP contribution in [0.4, 0.5) is 0 Å². The lowest BCUT2D eigenvalue weighted by Gasteiger charge is -2.40. The number of para-hydroxylation sites is 1. The van der Waals surface area contributed by atoms with E-state index in [1.807, 2.05) is 25.1 Å². The number of hydrogen-bond acceptors (Lipinski definition) is 4. The van der Waals surface area contributed by atoms with Crippen molar-refractivity contribution in [1.29, 1.82) is 0 Å². The highest BCUT2D eigenvalue weighted by atomic mass is 16.5. The third-order valence-corrected chi connectivity index (χ3v) is 5.39. The Hall–Kier alpha value is -3.35. The first-order valence-corrected chi connectivity index (χ1v) is 10.4. The first-order valence-electron chi connectivity index (χ1n) is 10.4. The van der Waals surface area contributed by atoms with Crippen molar-refractivity contribution in [3.8, 4) is 5.75 Å². The van der Waals surface area contributed by atoms with Gasteiger partial charge in [-0.05, 0) is 38.1 Å². The van der Waals surface area contributed by atoms with E-state index in [0.717, 1.165) is 0 Å². The van der Waals surface area contributed by atoms with Crippen LogP contribution in [0, 0.1) is 0 Å². The minimum Gasteiger partial charge on any atom is -0.480 e. The third kappa shape index (κ3) is 5.05. The number of rotatable bonds is 5. The zero-order valence-corrected chi connectivity index (χ0v) is 18.4. The Labute approximate surface area is 183 Å². The number of nitrogens with zero attached hydrogens (tertiary/aromatic N) is 3. The van der Waals surface area contributed by atoms with Crippen molar-refractivity contribution in [2.75, 3.05) is 33.7 Å². The molecule has 1 saturated heterocycles. The van der Waals surface area contributed by atoms with Crippen LogP contribution < -0.4 is 4.74 Å². The van der Waals surface area contributed by atoms with Gasteiger partial charge in [-0.2, -0.15) is 0 Å². The number of hydrogen-bond donors (Lipinski definition) is 0. The lowest BCUT2D eigenvalue weighted by molar-refractivity contribution is -0.142. The molecule has 3 amide bonds. The largest absolute Gasteiger partial charge is 0.480 e. The van der Waals surface area contributed by atoms with Gasteiger partial charge < -0.3 is 19.4 Å². The first-order chi connectivity index (χ1) is 14.8. The summed E-state index contributed by atoms with van der Waals surface area (Å²) in [5, 5.41) is 0. The fraction of sp³-hybridized carbons (Fsp3) is 0.375. The molecule has 0 radical (unpaired) electrons. The maximum atomic E-state index is 13.1. The minimum absolute atomic E-state index is 0.0278. The van der Waals surface area contributed by atoms with Crippen molar-refractivity contribution >= 4 is 17.7 Å². The van der Waals surface area contributed by atoms with Crippen LogP contribution in [0.25, 0.3) is 0 Å². The van der Waals surface area contributed by atoms with Crippen molar-refractivity contribution in [1.82, 2.24) is 14.7 Å². The number of piperazine rings is 1. The predicted molar refractivity (Wildman–Crippen MR) is 118 cm³/mol. The topological polar surface area (TPSA) is 70.2 Å². The molecule has 0 N–H and O–H groups in total. The zero-order valence-electron chi connectivity index (χ0n) is 18.4. The molecule has 0 spiro atoms. The average molecular weight is 424 g/mol. The summed E-state index contributed by atoms with van der Waals surface area (Å²) in [6, 6.07) is 15.9. The Morgan fingerprint density at radius 2 is 1.65 bits per heavy atom. The van der Waals surface area contributed by atoms with Gasteiger partial charge in [-0.3, -0.25) is 14.4 Å². The molecule has 0 saturated carbocycles. The van der Waals surface area contributed by atoms with Gasteiger partial charge >= 0.3 is 0 Å². The Bertz CT molecular complexity index is 945. The monoisotopic (exact) mass is 423 g/mol. The number of ether oxygens (including phenoxy) is 1. The SMILES string of the molecule is CC(Oc1ccccc1C(=O)N(C)C)C(=O)N1CCN(C(=O)c2ccccc2)C[C@H]1C. The van der Waals surface area contributed by atoms with Crippen molar-refractivity contribution in [2.45, 2.75) is 26.0 Å². The van der Waals surface area contributed by atoms with Crippen LogP contribution in [0.5, 0.6) is 5.75 Å². The summed E-state index contributed by atoms with van der Waals surface area (Å²) < 4.78 is 5.90. The van der Waals surface area contributed by atoms with Gasteiger partial charge in [0.05, 0.1) is 5.56 Å². The van der Waals surface area contributed by atoms with Gasteiger partial charge in [-0.25, -0.2) is 0 Å². The van der Waals surface area contributed by atoms with Crippen molar-refractivity contribution in [3.63, 3.8) is 0 Å². The second-order valence-corrected chi connectivity index (χ2v) is 7.95. The van der Waals surface area contributed by atoms with Crippen LogP contribution >= 0.6 is 0 Å². The molecule has 0 aromatic heterocycles. The summed E-state index contributed by atoms with van der Waals surface area (Å²) in [7, 11) is 3.34. The summed E-state index contributed by atoms with van der Waals surface area (Å²) in [5.74, 6) is 0.00985. The lowest BCUT2D eigenvalue weighted by Crippen LogP contribution is -2.57. The summed E-state index contributed by atoms with van der Waals surface area (Å²) in [6.45, 7) is 4.98. The quantitative estimate of drug-likeness (QED) is 0.741. The number of carbonyl (C=O) groups excluding carboxylic acids is 3. The van der Waals surface area contributed by atoms with E-state index in [9.17, 15) is 14.4 Å². The highest BCUT2D eigenvalue weighted by molar-refractivity contribution is 5.97. The number of benzene rings is 2. The van der Waals surface area contributed by atoms with Crippen molar-refractivity contribution in [2.24, 2.45) is 0 Å². The van der Waals surface area contributed by atoms with Gasteiger partial charge in [0.1, 0.15) is 5.75 Å². The van der Waals surface area contributed by atoms with E-state index >= 15 is 0 Å². The van der Waals surface area contributed by atoms with Crippen molar-refractivity contribution < 1.29 is 19.1 Å². The van der Waals surface area contributed by atoms with E-state index in [2.05, 4.69) is 0 Å². The van der Waals surface area contributed by atoms with E-state index in [1.165, 1.54) is 4.90 Å². The van der Waals surface area contributed by atoms with E-state index in [-0.39, 0.29) is 23.8 Å². The van der Waals surface area contributed by atoms with Gasteiger partial charge in [-0.15, -0.1) is 0 Å². The van der Waals surface area contributed by atoms with Gasteiger partial charge in [0.15, 0.2) is 6.10 Å². The zero-order chi connectivity index (χ0) is 22.5. The first kappa shape index (κ1) is 22.3. The lowest BCUT2D eigenvalue weighted by atomic mass is 10.1. The van der Waals surface area contributed by atoms with Crippen LogP contribution in [0.15, 0.2) is 54.6 Å². The van der Waals surface area contributed by atoms with Gasteiger partial charge in [0.25, 0.3) is 17.7 Å². The molecule has 2 aromatic rings. The maximum Gasteiger partial charge on any atom is 0.263 e. The normalized spacial score (nSPS) is 17.1. The minimum atomic E-state index is -0.755. The van der Waals surface area contributed by atoms with Crippen LogP contribution in [-0.4, -0.2) is 78.3 Å². The van der Waals surface area contributed by atoms with Crippen LogP contribution in [0.3, 0.4) is 0 Å². The van der Waals surface area contributed by atoms with Gasteiger partial charge in [0.2, 0.25) is 0 Å². The Morgan fingerprint density at radius 3 is 2.29 bits per heavy atom. The molecule has 164 valence electrons. The molecular weight excluding hydrogens is 394 g/mol. The molecule has 31 heavy (non-hydrogen) atoms. The Kier molecular flexibility index (Phi) is 6.95. The molecule has 1 aliphatic heterocycles. The standard InChI is InChI=1S/C24H29N3O4/c1-17-16-26(23(29)19-10-6-5-7-11-19)14-15-27(17)22(28)18(2)31-21-13-9-8-12-20(21)24(30)25(3)4/h5-13,17-18H,14-16H2,1-4H3/t17-,18?/m1/s1. The average Bonchev–Trinajstić information content (AvgIpc) is 2.78. The smallest absolute Gasteiger partial charge is 0.263 e. The van der Waals surface area contributed by atoms with E-state index in [1.54, 1.807) is 67.2 Å². The highest BCUT2D eigenvalue weighted by Gasteiger charge is 2.33. The summed E-state index contributed by atoms with van der Waals surface area (Å²) in [4.78, 5) is 43.2. The fourth-order valence-corrected chi connectivity index (χ4v) is 3.69. The van der Waals surface area contributed by atoms with Crippen LogP contribution in [0.1, 0.15) is 34.6 Å². The van der Waals surface area contributed by atoms with E-state index in [0.29, 0.717) is 36.5 Å². The molecule has 0 bridgehead atoms. The molecule has 1 fully saturated rings. The molecule has 2 aromatic carbocycles. The molecule has 7 nitrogen and oxygen atoms in total. The molecule has 0 aliphatic carbocycles. The third-order valence-electron chi connectivity index (χ3n) is 5.39. The Morgan fingerprint density at radius 1 is 1.00 bits per heavy atom.